The monoisotopic (exact) mass is 192 g/mol. The van der Waals surface area contributed by atoms with Gasteiger partial charge in [0.1, 0.15) is 15.7 Å². The van der Waals surface area contributed by atoms with Crippen LogP contribution in [0.3, 0.4) is 0 Å². The first-order valence-corrected chi connectivity index (χ1v) is 3.97. The first-order valence-electron chi connectivity index (χ1n) is 3.97. The molecule has 0 fully saturated rings. The zero-order valence-electron chi connectivity index (χ0n) is 8.06. The molecule has 0 spiro atoms. The van der Waals surface area contributed by atoms with Gasteiger partial charge in [-0.2, -0.15) is 0 Å². The molecule has 0 saturated carbocycles. The molecule has 0 unspecified atom stereocenters. The van der Waals surface area contributed by atoms with E-state index in [1.807, 2.05) is 0 Å². The van der Waals surface area contributed by atoms with E-state index < -0.39 is 17.3 Å². The van der Waals surface area contributed by atoms with Crippen LogP contribution < -0.4 is 0 Å². The van der Waals surface area contributed by atoms with Crippen LogP contribution >= 0.6 is 0 Å². The van der Waals surface area contributed by atoms with Crippen LogP contribution in [0.1, 0.15) is 13.8 Å². The molecule has 14 heavy (non-hydrogen) atoms. The number of hydrogen-bond donors (Lipinski definition) is 1. The minimum absolute atomic E-state index is 0.273. The van der Waals surface area contributed by atoms with E-state index >= 15 is 0 Å². The second kappa shape index (κ2) is 4.88. The third kappa shape index (κ3) is 4.74. The van der Waals surface area contributed by atoms with Gasteiger partial charge in [0.2, 0.25) is 0 Å². The minimum Gasteiger partial charge on any atom is -0.478 e. The molecule has 6 heteroatoms. The number of carboxylic acids is 1. The number of carbonyl (C=O) groups is 2. The van der Waals surface area contributed by atoms with E-state index in [2.05, 4.69) is 4.74 Å². The molecule has 0 saturated heterocycles. The summed E-state index contributed by atoms with van der Waals surface area (Å²) >= 11 is 0. The second-order valence-corrected chi connectivity index (χ2v) is 3.10. The van der Waals surface area contributed by atoms with E-state index in [1.165, 1.54) is 0 Å². The lowest BCUT2D eigenvalue weighted by Gasteiger charge is -2.30. The van der Waals surface area contributed by atoms with Crippen molar-refractivity contribution in [1.82, 2.24) is 0 Å². The third-order valence-electron chi connectivity index (χ3n) is 1.54. The lowest BCUT2D eigenvalue weighted by Crippen LogP contribution is -2.41. The Labute approximate surface area is 85.1 Å². The Morgan fingerprint density at radius 3 is 2.21 bits per heavy atom. The average Bonchev–Trinajstić information content (AvgIpc) is 1.99. The van der Waals surface area contributed by atoms with Crippen LogP contribution in [0, 0.1) is 5.92 Å². The SMILES string of the molecule is [B]C([B])(OC(=O)/C=C/C(=O)O)C(C)C. The highest BCUT2D eigenvalue weighted by atomic mass is 16.5. The number of aliphatic carboxylic acids is 1. The summed E-state index contributed by atoms with van der Waals surface area (Å²) in [6.07, 6.45) is 1.40. The normalized spacial score (nSPS) is 11.9. The first-order chi connectivity index (χ1) is 6.25. The zero-order chi connectivity index (χ0) is 11.4. The minimum atomic E-state index is -1.58. The van der Waals surface area contributed by atoms with E-state index in [4.69, 9.17) is 20.8 Å². The van der Waals surface area contributed by atoms with Crippen molar-refractivity contribution >= 4 is 27.6 Å². The molecule has 0 rings (SSSR count). The summed E-state index contributed by atoms with van der Waals surface area (Å²) in [5, 5.41) is 6.63. The predicted octanol–water partition coefficient (Wildman–Crippen LogP) is -0.183. The van der Waals surface area contributed by atoms with Crippen molar-refractivity contribution in [3.8, 4) is 0 Å². The van der Waals surface area contributed by atoms with Gasteiger partial charge in [0, 0.05) is 17.6 Å². The number of carbonyl (C=O) groups excluding carboxylic acids is 1. The zero-order valence-corrected chi connectivity index (χ0v) is 8.06. The van der Waals surface area contributed by atoms with Crippen LogP contribution in [-0.4, -0.2) is 38.1 Å². The van der Waals surface area contributed by atoms with Crippen molar-refractivity contribution in [1.29, 1.82) is 0 Å². The Bertz CT molecular complexity index is 258. The Morgan fingerprint density at radius 2 is 1.86 bits per heavy atom. The maximum absolute atomic E-state index is 10.9. The van der Waals surface area contributed by atoms with Crippen molar-refractivity contribution in [3.63, 3.8) is 0 Å². The van der Waals surface area contributed by atoms with Crippen LogP contribution in [-0.2, 0) is 14.3 Å². The molecule has 4 radical (unpaired) electrons. The molecule has 0 heterocycles. The lowest BCUT2D eigenvalue weighted by molar-refractivity contribution is -0.144. The first kappa shape index (κ1) is 12.8. The second-order valence-electron chi connectivity index (χ2n) is 3.10. The molecular weight excluding hydrogens is 182 g/mol. The van der Waals surface area contributed by atoms with Gasteiger partial charge in [-0.1, -0.05) is 13.8 Å². The van der Waals surface area contributed by atoms with E-state index in [0.29, 0.717) is 6.08 Å². The Balaban J connectivity index is 4.26. The highest BCUT2D eigenvalue weighted by Crippen LogP contribution is 2.13. The number of ether oxygens (including phenoxy) is 1. The third-order valence-corrected chi connectivity index (χ3v) is 1.54. The summed E-state index contributed by atoms with van der Waals surface area (Å²) in [5.74, 6) is -2.40. The Kier molecular flexibility index (Phi) is 4.47. The summed E-state index contributed by atoms with van der Waals surface area (Å²) in [7, 11) is 10.8. The van der Waals surface area contributed by atoms with Gasteiger partial charge in [-0.05, 0) is 5.92 Å². The fraction of sp³-hybridized carbons (Fsp3) is 0.500. The molecule has 1 N–H and O–H groups in total. The van der Waals surface area contributed by atoms with Crippen LogP contribution in [0.2, 0.25) is 0 Å². The van der Waals surface area contributed by atoms with Gasteiger partial charge >= 0.3 is 11.9 Å². The average molecular weight is 192 g/mol. The molecule has 0 aromatic heterocycles. The van der Waals surface area contributed by atoms with Gasteiger partial charge in [0.15, 0.2) is 0 Å². The number of rotatable bonds is 4. The summed E-state index contributed by atoms with van der Waals surface area (Å²) in [4.78, 5) is 21.0. The molecule has 0 amide bonds. The smallest absolute Gasteiger partial charge is 0.330 e. The van der Waals surface area contributed by atoms with Gasteiger partial charge in [-0.25, -0.2) is 9.59 Å². The van der Waals surface area contributed by atoms with Gasteiger partial charge in [-0.15, -0.1) is 0 Å². The largest absolute Gasteiger partial charge is 0.478 e. The van der Waals surface area contributed by atoms with E-state index in [0.717, 1.165) is 6.08 Å². The maximum atomic E-state index is 10.9. The lowest BCUT2D eigenvalue weighted by atomic mass is 9.59. The van der Waals surface area contributed by atoms with Crippen LogP contribution in [0.5, 0.6) is 0 Å². The highest BCUT2D eigenvalue weighted by molar-refractivity contribution is 6.39. The standard InChI is InChI=1S/C8H10B2O4/c1-5(2)8(9,10)14-7(13)4-3-6(11)12/h3-5H,1-2H3,(H,11,12)/b4-3+. The van der Waals surface area contributed by atoms with Crippen molar-refractivity contribution in [2.45, 2.75) is 19.2 Å². The number of esters is 1. The molecule has 0 aromatic rings. The summed E-state index contributed by atoms with van der Waals surface area (Å²) < 4.78 is 4.62. The fourth-order valence-electron chi connectivity index (χ4n) is 0.465. The van der Waals surface area contributed by atoms with Gasteiger partial charge in [0.25, 0.3) is 0 Å². The van der Waals surface area contributed by atoms with Gasteiger partial charge in [0.05, 0.1) is 0 Å². The molecule has 0 aliphatic rings. The predicted molar refractivity (Wildman–Crippen MR) is 51.9 cm³/mol. The summed E-state index contributed by atoms with van der Waals surface area (Å²) in [6.45, 7) is 3.35. The van der Waals surface area contributed by atoms with Crippen LogP contribution in [0.15, 0.2) is 12.2 Å². The Hall–Kier alpha value is -1.19. The molecule has 72 valence electrons. The quantitative estimate of drug-likeness (QED) is 0.381. The highest BCUT2D eigenvalue weighted by Gasteiger charge is 2.24. The molecule has 0 atom stereocenters. The van der Waals surface area contributed by atoms with E-state index in [1.54, 1.807) is 13.8 Å². The van der Waals surface area contributed by atoms with Crippen molar-refractivity contribution in [2.24, 2.45) is 5.92 Å². The summed E-state index contributed by atoms with van der Waals surface area (Å²) in [6, 6.07) is 0. The molecule has 0 aliphatic carbocycles. The molecule has 4 nitrogen and oxygen atoms in total. The molecule has 0 aliphatic heterocycles. The van der Waals surface area contributed by atoms with Gasteiger partial charge in [-0.3, -0.25) is 0 Å². The molecular formula is C8H10B2O4. The van der Waals surface area contributed by atoms with Crippen molar-refractivity contribution in [3.05, 3.63) is 12.2 Å². The fourth-order valence-corrected chi connectivity index (χ4v) is 0.465. The number of carboxylic acid groups (broad SMARTS) is 1. The van der Waals surface area contributed by atoms with Crippen LogP contribution in [0.25, 0.3) is 0 Å². The Morgan fingerprint density at radius 1 is 1.36 bits per heavy atom. The molecule has 0 bridgehead atoms. The maximum Gasteiger partial charge on any atom is 0.330 e. The van der Waals surface area contributed by atoms with Crippen molar-refractivity contribution < 1.29 is 19.4 Å². The van der Waals surface area contributed by atoms with E-state index in [9.17, 15) is 9.59 Å². The summed E-state index contributed by atoms with van der Waals surface area (Å²) in [5.41, 5.74) is 0. The number of hydrogen-bond acceptors (Lipinski definition) is 3. The topological polar surface area (TPSA) is 63.6 Å². The molecule has 0 aromatic carbocycles. The van der Waals surface area contributed by atoms with Crippen molar-refractivity contribution in [2.75, 3.05) is 0 Å². The van der Waals surface area contributed by atoms with Crippen LogP contribution in [0.4, 0.5) is 0 Å². The van der Waals surface area contributed by atoms with Gasteiger partial charge < -0.3 is 9.84 Å². The van der Waals surface area contributed by atoms with E-state index in [-0.39, 0.29) is 5.92 Å².